The number of ketones is 1. The summed E-state index contributed by atoms with van der Waals surface area (Å²) in [6, 6.07) is 19.4. The summed E-state index contributed by atoms with van der Waals surface area (Å²) >= 11 is 0. The van der Waals surface area contributed by atoms with Gasteiger partial charge in [-0.25, -0.2) is 0 Å². The van der Waals surface area contributed by atoms with Gasteiger partial charge >= 0.3 is 0 Å². The van der Waals surface area contributed by atoms with E-state index in [1.54, 1.807) is 0 Å². The summed E-state index contributed by atoms with van der Waals surface area (Å²) in [6.07, 6.45) is 2.10. The molecule has 3 atom stereocenters. The molecule has 1 saturated carbocycles. The quantitative estimate of drug-likeness (QED) is 0.868. The second kappa shape index (κ2) is 6.23. The average molecular weight is 280 g/mol. The van der Waals surface area contributed by atoms with Crippen LogP contribution in [0.4, 0.5) is 0 Å². The first-order valence-electron chi connectivity index (χ1n) is 7.59. The Morgan fingerprint density at radius 2 is 1.52 bits per heavy atom. The third-order valence-corrected chi connectivity index (χ3v) is 4.45. The van der Waals surface area contributed by atoms with Crippen LogP contribution < -0.4 is 0 Å². The molecule has 3 rings (SSSR count). The maximum Gasteiger partial charge on any atom is 0.169 e. The van der Waals surface area contributed by atoms with E-state index in [1.807, 2.05) is 48.5 Å². The van der Waals surface area contributed by atoms with Crippen LogP contribution in [0.1, 0.15) is 41.1 Å². The maximum atomic E-state index is 12.8. The number of benzene rings is 2. The summed E-state index contributed by atoms with van der Waals surface area (Å²) in [5.74, 6) is -0.150. The van der Waals surface area contributed by atoms with Gasteiger partial charge in [0.05, 0.1) is 12.0 Å². The van der Waals surface area contributed by atoms with Crippen LogP contribution in [0.15, 0.2) is 60.7 Å². The van der Waals surface area contributed by atoms with Crippen molar-refractivity contribution in [1.29, 1.82) is 0 Å². The largest absolute Gasteiger partial charge is 0.392 e. The van der Waals surface area contributed by atoms with Crippen molar-refractivity contribution >= 4 is 5.78 Å². The minimum atomic E-state index is -0.545. The van der Waals surface area contributed by atoms with Crippen LogP contribution in [0.2, 0.25) is 0 Å². The molecule has 2 heteroatoms. The summed E-state index contributed by atoms with van der Waals surface area (Å²) in [6.45, 7) is 0. The van der Waals surface area contributed by atoms with Crippen LogP contribution in [0, 0.1) is 5.92 Å². The molecule has 0 spiro atoms. The molecule has 21 heavy (non-hydrogen) atoms. The van der Waals surface area contributed by atoms with Crippen molar-refractivity contribution in [3.05, 3.63) is 71.8 Å². The van der Waals surface area contributed by atoms with Crippen molar-refractivity contribution in [3.8, 4) is 0 Å². The van der Waals surface area contributed by atoms with E-state index in [4.69, 9.17) is 0 Å². The zero-order valence-electron chi connectivity index (χ0n) is 12.0. The van der Waals surface area contributed by atoms with E-state index >= 15 is 0 Å². The predicted molar refractivity (Wildman–Crippen MR) is 83.3 cm³/mol. The Kier molecular flexibility index (Phi) is 4.16. The summed E-state index contributed by atoms with van der Waals surface area (Å²) in [5, 5.41) is 10.4. The number of rotatable bonds is 3. The van der Waals surface area contributed by atoms with E-state index in [-0.39, 0.29) is 17.6 Å². The van der Waals surface area contributed by atoms with Crippen LogP contribution >= 0.6 is 0 Å². The normalized spacial score (nSPS) is 25.5. The number of carbonyl (C=O) groups is 1. The SMILES string of the molecule is O=C(c1ccccc1)[C@@H]1[C@@H](c2ccccc2)CCC[C@@H]1O. The smallest absolute Gasteiger partial charge is 0.169 e. The zero-order chi connectivity index (χ0) is 14.7. The van der Waals surface area contributed by atoms with Gasteiger partial charge in [0.2, 0.25) is 0 Å². The molecule has 1 aliphatic rings. The number of Topliss-reactive ketones (excluding diaryl/α,β-unsaturated/α-hetero) is 1. The van der Waals surface area contributed by atoms with E-state index in [0.717, 1.165) is 18.4 Å². The van der Waals surface area contributed by atoms with Crippen molar-refractivity contribution in [3.63, 3.8) is 0 Å². The Morgan fingerprint density at radius 3 is 2.19 bits per heavy atom. The van der Waals surface area contributed by atoms with Gasteiger partial charge in [0, 0.05) is 5.56 Å². The number of carbonyl (C=O) groups excluding carboxylic acids is 1. The summed E-state index contributed by atoms with van der Waals surface area (Å²) in [4.78, 5) is 12.8. The van der Waals surface area contributed by atoms with E-state index in [9.17, 15) is 9.90 Å². The van der Waals surface area contributed by atoms with Crippen LogP contribution in [0.25, 0.3) is 0 Å². The third-order valence-electron chi connectivity index (χ3n) is 4.45. The zero-order valence-corrected chi connectivity index (χ0v) is 12.0. The molecule has 1 aliphatic carbocycles. The highest BCUT2D eigenvalue weighted by Crippen LogP contribution is 2.39. The average Bonchev–Trinajstić information content (AvgIpc) is 2.55. The van der Waals surface area contributed by atoms with Gasteiger partial charge in [-0.3, -0.25) is 4.79 Å². The van der Waals surface area contributed by atoms with Gasteiger partial charge < -0.3 is 5.11 Å². The summed E-state index contributed by atoms with van der Waals surface area (Å²) < 4.78 is 0. The lowest BCUT2D eigenvalue weighted by Crippen LogP contribution is -2.37. The van der Waals surface area contributed by atoms with Crippen molar-refractivity contribution in [2.75, 3.05) is 0 Å². The van der Waals surface area contributed by atoms with Gasteiger partial charge in [-0.1, -0.05) is 67.1 Å². The minimum Gasteiger partial charge on any atom is -0.392 e. The van der Waals surface area contributed by atoms with Crippen molar-refractivity contribution in [2.24, 2.45) is 5.92 Å². The van der Waals surface area contributed by atoms with E-state index < -0.39 is 6.10 Å². The molecule has 0 aliphatic heterocycles. The van der Waals surface area contributed by atoms with Crippen molar-refractivity contribution in [2.45, 2.75) is 31.3 Å². The van der Waals surface area contributed by atoms with E-state index in [0.29, 0.717) is 12.0 Å². The van der Waals surface area contributed by atoms with Gasteiger partial charge in [-0.05, 0) is 24.3 Å². The number of aliphatic hydroxyl groups is 1. The fourth-order valence-electron chi connectivity index (χ4n) is 3.40. The monoisotopic (exact) mass is 280 g/mol. The number of aliphatic hydroxyl groups excluding tert-OH is 1. The van der Waals surface area contributed by atoms with Gasteiger partial charge in [-0.2, -0.15) is 0 Å². The molecule has 2 nitrogen and oxygen atoms in total. The van der Waals surface area contributed by atoms with E-state index in [2.05, 4.69) is 12.1 Å². The number of hydrogen-bond donors (Lipinski definition) is 1. The Balaban J connectivity index is 1.94. The maximum absolute atomic E-state index is 12.8. The molecule has 0 heterocycles. The lowest BCUT2D eigenvalue weighted by atomic mass is 9.71. The Morgan fingerprint density at radius 1 is 0.905 bits per heavy atom. The molecule has 2 aromatic rings. The lowest BCUT2D eigenvalue weighted by Gasteiger charge is -2.35. The minimum absolute atomic E-state index is 0.0663. The van der Waals surface area contributed by atoms with Crippen molar-refractivity contribution < 1.29 is 9.90 Å². The Hall–Kier alpha value is -1.93. The predicted octanol–water partition coefficient (Wildman–Crippen LogP) is 3.81. The fourth-order valence-corrected chi connectivity index (χ4v) is 3.40. The van der Waals surface area contributed by atoms with Gasteiger partial charge in [0.25, 0.3) is 0 Å². The standard InChI is InChI=1S/C19H20O2/c20-17-13-7-12-16(14-8-3-1-4-9-14)18(17)19(21)15-10-5-2-6-11-15/h1-6,8-11,16-18,20H,7,12-13H2/t16-,17+,18-/m1/s1. The van der Waals surface area contributed by atoms with Crippen molar-refractivity contribution in [1.82, 2.24) is 0 Å². The first-order valence-corrected chi connectivity index (χ1v) is 7.59. The molecule has 0 unspecified atom stereocenters. The molecule has 0 radical (unpaired) electrons. The van der Waals surface area contributed by atoms with Crippen LogP contribution in [-0.2, 0) is 0 Å². The molecule has 1 N–H and O–H groups in total. The third kappa shape index (κ3) is 2.91. The Bertz CT molecular complexity index is 591. The first-order chi connectivity index (χ1) is 10.3. The molecule has 2 aromatic carbocycles. The first kappa shape index (κ1) is 14.0. The molecule has 0 bridgehead atoms. The van der Waals surface area contributed by atoms with Gasteiger partial charge in [-0.15, -0.1) is 0 Å². The molecule has 0 aromatic heterocycles. The van der Waals surface area contributed by atoms with Crippen LogP contribution in [-0.4, -0.2) is 17.0 Å². The van der Waals surface area contributed by atoms with E-state index in [1.165, 1.54) is 0 Å². The molecule has 0 saturated heterocycles. The van der Waals surface area contributed by atoms with Crippen LogP contribution in [0.5, 0.6) is 0 Å². The highest BCUT2D eigenvalue weighted by atomic mass is 16.3. The molecular formula is C19H20O2. The second-order valence-electron chi connectivity index (χ2n) is 5.77. The number of hydrogen-bond acceptors (Lipinski definition) is 2. The highest BCUT2D eigenvalue weighted by molar-refractivity contribution is 5.98. The second-order valence-corrected chi connectivity index (χ2v) is 5.77. The fraction of sp³-hybridized carbons (Fsp3) is 0.316. The molecule has 0 amide bonds. The topological polar surface area (TPSA) is 37.3 Å². The Labute approximate surface area is 125 Å². The summed E-state index contributed by atoms with van der Waals surface area (Å²) in [7, 11) is 0. The van der Waals surface area contributed by atoms with Gasteiger partial charge in [0.1, 0.15) is 0 Å². The highest BCUT2D eigenvalue weighted by Gasteiger charge is 2.38. The summed E-state index contributed by atoms with van der Waals surface area (Å²) in [5.41, 5.74) is 1.86. The molecule has 108 valence electrons. The van der Waals surface area contributed by atoms with Gasteiger partial charge in [0.15, 0.2) is 5.78 Å². The van der Waals surface area contributed by atoms with Crippen LogP contribution in [0.3, 0.4) is 0 Å². The lowest BCUT2D eigenvalue weighted by molar-refractivity contribution is 0.0445. The molecule has 1 fully saturated rings. The molecular weight excluding hydrogens is 260 g/mol.